The van der Waals surface area contributed by atoms with E-state index < -0.39 is 128 Å². The van der Waals surface area contributed by atoms with Crippen molar-refractivity contribution in [3.05, 3.63) is 227 Å². The van der Waals surface area contributed by atoms with E-state index in [-0.39, 0.29) is 98.5 Å². The van der Waals surface area contributed by atoms with Gasteiger partial charge in [0.05, 0.1) is 69.9 Å². The van der Waals surface area contributed by atoms with Crippen LogP contribution in [0.2, 0.25) is 18.1 Å². The molecule has 0 aromatic heterocycles. The van der Waals surface area contributed by atoms with E-state index >= 15 is 9.59 Å². The molecule has 131 heavy (non-hydrogen) atoms. The molecule has 4 saturated carbocycles. The fraction of sp³-hybridized carbons (Fsp3) is 0.618. The summed E-state index contributed by atoms with van der Waals surface area (Å²) in [5, 5.41) is 3.51. The van der Waals surface area contributed by atoms with Crippen molar-refractivity contribution in [2.24, 2.45) is 50.2 Å². The smallest absolute Gasteiger partial charge is 0.317 e. The van der Waals surface area contributed by atoms with Crippen molar-refractivity contribution >= 4 is 31.9 Å². The van der Waals surface area contributed by atoms with Gasteiger partial charge in [0.1, 0.15) is 61.2 Å². The Morgan fingerprint density at radius 2 is 1.02 bits per heavy atom. The lowest BCUT2D eigenvalue weighted by molar-refractivity contribution is -0.366. The Balaban J connectivity index is 0.780. The molecule has 20 nitrogen and oxygen atoms in total. The van der Waals surface area contributed by atoms with Crippen molar-refractivity contribution in [2.75, 3.05) is 13.2 Å². The normalized spacial score (nSPS) is 32.9. The molecule has 15 rings (SSSR count). The van der Waals surface area contributed by atoms with Crippen LogP contribution in [-0.2, 0) is 130 Å². The van der Waals surface area contributed by atoms with Crippen LogP contribution in [0.4, 0.5) is 0 Å². The van der Waals surface area contributed by atoms with Crippen LogP contribution >= 0.6 is 0 Å². The number of ether oxygens (including phenoxy) is 14. The van der Waals surface area contributed by atoms with Crippen LogP contribution < -0.4 is 5.32 Å². The second kappa shape index (κ2) is 43.5. The highest BCUT2D eigenvalue weighted by atomic mass is 28.4. The number of carbonyl (C=O) groups is 4. The van der Waals surface area contributed by atoms with Crippen molar-refractivity contribution in [3.63, 3.8) is 0 Å². The maximum absolute atomic E-state index is 17.9. The van der Waals surface area contributed by atoms with Crippen molar-refractivity contribution in [2.45, 2.75) is 368 Å². The van der Waals surface area contributed by atoms with Crippen molar-refractivity contribution in [1.29, 1.82) is 0 Å². The highest BCUT2D eigenvalue weighted by molar-refractivity contribution is 6.73. The summed E-state index contributed by atoms with van der Waals surface area (Å²) >= 11 is 0. The van der Waals surface area contributed by atoms with E-state index in [9.17, 15) is 9.59 Å². The number of esters is 2. The molecule has 712 valence electrons. The van der Waals surface area contributed by atoms with Crippen LogP contribution in [0.25, 0.3) is 0 Å². The van der Waals surface area contributed by atoms with E-state index in [4.69, 9.17) is 70.7 Å². The molecular weight excluding hydrogens is 1670 g/mol. The minimum atomic E-state index is -2.60. The van der Waals surface area contributed by atoms with Gasteiger partial charge in [-0.25, -0.2) is 0 Å². The number of rotatable bonds is 41. The highest BCUT2D eigenvalue weighted by Gasteiger charge is 2.73. The van der Waals surface area contributed by atoms with Gasteiger partial charge in [0, 0.05) is 24.7 Å². The second-order valence-electron chi connectivity index (χ2n) is 41.8. The number of fused-ring (bicyclic) bond motifs is 8. The third-order valence-electron chi connectivity index (χ3n) is 32.2. The van der Waals surface area contributed by atoms with Crippen LogP contribution in [0.5, 0.6) is 0 Å². The molecule has 4 saturated heterocycles. The summed E-state index contributed by atoms with van der Waals surface area (Å²) < 4.78 is 108. The third-order valence-corrected chi connectivity index (χ3v) is 36.8. The number of benzene rings is 6. The van der Waals surface area contributed by atoms with E-state index in [1.54, 1.807) is 0 Å². The van der Waals surface area contributed by atoms with Crippen LogP contribution in [-0.4, -0.2) is 143 Å². The zero-order valence-corrected chi connectivity index (χ0v) is 81.3. The van der Waals surface area contributed by atoms with Crippen LogP contribution in [0.15, 0.2) is 194 Å². The Kier molecular flexibility index (Phi) is 32.6. The zero-order chi connectivity index (χ0) is 92.2. The van der Waals surface area contributed by atoms with Crippen molar-refractivity contribution in [3.8, 4) is 0 Å². The monoisotopic (exact) mass is 1820 g/mol. The summed E-state index contributed by atoms with van der Waals surface area (Å²) in [6.45, 7) is 30.7. The molecule has 21 heteroatoms. The Bertz CT molecular complexity index is 4670. The van der Waals surface area contributed by atoms with Gasteiger partial charge in [0.25, 0.3) is 0 Å². The third kappa shape index (κ3) is 22.4. The Labute approximate surface area is 780 Å². The molecule has 6 aromatic carbocycles. The Morgan fingerprint density at radius 3 is 1.59 bits per heavy atom. The molecule has 0 bridgehead atoms. The molecule has 1 N–H and O–H groups in total. The molecular formula is C110H149NO19Si. The number of carbonyl (C=O) groups excluding carboxylic acids is 4. The summed E-state index contributed by atoms with van der Waals surface area (Å²) in [7, 11) is -2.60. The first-order valence-corrected chi connectivity index (χ1v) is 52.1. The van der Waals surface area contributed by atoms with Crippen molar-refractivity contribution < 1.29 is 89.9 Å². The van der Waals surface area contributed by atoms with Gasteiger partial charge in [-0.05, 0) is 176 Å². The molecule has 8 fully saturated rings. The zero-order valence-electron chi connectivity index (χ0n) is 80.3. The number of amides is 1. The molecule has 4 heterocycles. The topological polar surface area (TPSA) is 219 Å². The molecule has 0 spiro atoms. The number of ketones is 1. The van der Waals surface area contributed by atoms with Gasteiger partial charge in [-0.3, -0.25) is 19.2 Å². The maximum Gasteiger partial charge on any atom is 0.317 e. The van der Waals surface area contributed by atoms with Gasteiger partial charge in [-0.1, -0.05) is 301 Å². The first kappa shape index (κ1) is 98.4. The minimum absolute atomic E-state index is 0.0503. The lowest BCUT2D eigenvalue weighted by atomic mass is 9.33. The Morgan fingerprint density at radius 1 is 0.504 bits per heavy atom. The van der Waals surface area contributed by atoms with Gasteiger partial charge >= 0.3 is 11.9 Å². The number of hydrogen-bond acceptors (Lipinski definition) is 19. The summed E-state index contributed by atoms with van der Waals surface area (Å²) in [4.78, 5) is 60.0. The minimum Gasteiger partial charge on any atom is -0.461 e. The maximum atomic E-state index is 17.9. The predicted molar refractivity (Wildman–Crippen MR) is 504 cm³/mol. The van der Waals surface area contributed by atoms with Crippen molar-refractivity contribution in [1.82, 2.24) is 5.32 Å². The number of nitrogens with one attached hydrogen (secondary N) is 1. The number of hydrogen-bond donors (Lipinski definition) is 1. The molecule has 0 radical (unpaired) electrons. The van der Waals surface area contributed by atoms with Crippen LogP contribution in [0.1, 0.15) is 245 Å². The molecule has 5 aliphatic carbocycles. The van der Waals surface area contributed by atoms with Gasteiger partial charge in [0.15, 0.2) is 32.8 Å². The first-order valence-electron chi connectivity index (χ1n) is 49.6. The van der Waals surface area contributed by atoms with Crippen LogP contribution in [0, 0.1) is 50.2 Å². The van der Waals surface area contributed by atoms with Gasteiger partial charge in [-0.2, -0.15) is 0 Å². The lowest BCUT2D eigenvalue weighted by Gasteiger charge is -2.71. The van der Waals surface area contributed by atoms with E-state index in [0.29, 0.717) is 44.5 Å². The molecule has 1 amide bonds. The number of allylic oxidation sites excluding steroid dienone is 2. The SMILES string of the molecule is CC[Si](CC)(CC)O[C@@H]1C[C@]2(C)C(=CC[C@@H]3[C@@]4(C)CCC(=O)C(C)(C)[C@@H]4CC[C@]32C)[C@@H]2CC(C)(C)CC[C@]12C(=O)O[C@@H]1O[C@H](COCc2ccccc2)[C@H](NC(=O)CCCCCCCCCCC(=O)OCc2ccccc2)[C@H](OCc2ccccc2)[C@H]1O[C@@H]1O[C@@H](C)[C@H](O[C@@H]2OC[C@@H](OCc3ccccc3)[C@H](OCc3ccccc3)[C@H]2OCc2ccccc2)[C@H]2OC(C)(C)O[C@@H]12. The number of unbranched alkanes of at least 4 members (excludes halogenated alkanes) is 7. The van der Waals surface area contributed by atoms with Gasteiger partial charge in [0.2, 0.25) is 12.2 Å². The van der Waals surface area contributed by atoms with E-state index in [0.717, 1.165) is 135 Å². The quantitative estimate of drug-likeness (QED) is 0.0163. The van der Waals surface area contributed by atoms with E-state index in [1.807, 2.05) is 203 Å². The average Bonchev–Trinajstić information content (AvgIpc) is 0.958. The van der Waals surface area contributed by atoms with E-state index in [2.05, 4.69) is 80.6 Å². The molecule has 6 aromatic rings. The number of Topliss-reactive ketones (excluding diaryl/α,β-unsaturated/α-hetero) is 1. The summed E-state index contributed by atoms with van der Waals surface area (Å²) in [5.41, 5.74) is 4.47. The lowest BCUT2D eigenvalue weighted by Crippen LogP contribution is -2.70. The van der Waals surface area contributed by atoms with Crippen LogP contribution in [0.3, 0.4) is 0 Å². The Hall–Kier alpha value is -7.16. The molecule has 0 unspecified atom stereocenters. The first-order chi connectivity index (χ1) is 63.1. The largest absolute Gasteiger partial charge is 0.461 e. The van der Waals surface area contributed by atoms with Gasteiger partial charge in [-0.15, -0.1) is 0 Å². The summed E-state index contributed by atoms with van der Waals surface area (Å²) in [5.74, 6) is -1.44. The average molecular weight is 1820 g/mol. The standard InChI is InChI=1S/C110H149NO19Si/c1-14-131(15-2,16-3)130-89-66-109(13)82(57-58-87-107(11)61-60-88(112)105(7,8)86(107)59-62-108(87,109)12)83-65-104(5,6)63-64-110(83,89)103(115)127-101-98(95(120-71-80-51-37-27-38-52-80)92(84(124-101)73-116-67-76-43-29-23-30-44-76)111-90(113)55-41-21-19-17-18-20-22-42-56-91(114)118-69-78-47-33-25-34-48-78)126-102-99-96(128-106(9,10)129-99)93(75(4)123-102)125-100-97(121-72-81-53-39-28-40-54-81)94(119-70-79-49-35-26-36-50-79)85(74-122-100)117-68-77-45-31-24-32-46-77/h23-40,43-54,57,75,83-87,89,92-102H,14-22,41-42,55-56,58-74H2,1-13H3,(H,111,113)/t75-,83-,84+,85+,86-,87+,89+,92-,93-,94-,95-,96+,97+,98+,99+,100-,101-,102-,107-,108+,109+,110+/m0/s1. The molecule has 4 aliphatic heterocycles. The summed E-state index contributed by atoms with van der Waals surface area (Å²) in [6.07, 6.45) is 3.28. The second-order valence-corrected chi connectivity index (χ2v) is 46.5. The fourth-order valence-corrected chi connectivity index (χ4v) is 27.2. The highest BCUT2D eigenvalue weighted by Crippen LogP contribution is 2.76. The summed E-state index contributed by atoms with van der Waals surface area (Å²) in [6, 6.07) is 61.4. The molecule has 9 aliphatic rings. The van der Waals surface area contributed by atoms with Gasteiger partial charge < -0.3 is 76.1 Å². The van der Waals surface area contributed by atoms with E-state index in [1.165, 1.54) is 5.57 Å². The predicted octanol–water partition coefficient (Wildman–Crippen LogP) is 21.7. The molecule has 22 atom stereocenters. The fourth-order valence-electron chi connectivity index (χ4n) is 24.3.